The highest BCUT2D eigenvalue weighted by Gasteiger charge is 2.35. The van der Waals surface area contributed by atoms with Crippen LogP contribution in [-0.4, -0.2) is 53.2 Å². The minimum Gasteiger partial charge on any atom is -0.363 e. The molecule has 0 spiro atoms. The molecular weight excluding hydrogens is 621 g/mol. The van der Waals surface area contributed by atoms with Gasteiger partial charge in [0, 0.05) is 19.3 Å². The van der Waals surface area contributed by atoms with Gasteiger partial charge in [0.15, 0.2) is 0 Å². The summed E-state index contributed by atoms with van der Waals surface area (Å²) < 4.78 is 49.3. The molecule has 47 heavy (non-hydrogen) atoms. The van der Waals surface area contributed by atoms with Crippen molar-refractivity contribution in [3.05, 3.63) is 80.9 Å². The topological polar surface area (TPSA) is 59.4 Å². The summed E-state index contributed by atoms with van der Waals surface area (Å²) in [5.74, 6) is 6.21. The number of aromatic nitrogens is 2. The van der Waals surface area contributed by atoms with Crippen molar-refractivity contribution >= 4 is 18.1 Å². The molecule has 2 atom stereocenters. The van der Waals surface area contributed by atoms with Gasteiger partial charge in [-0.25, -0.2) is 4.98 Å². The van der Waals surface area contributed by atoms with Crippen LogP contribution in [0.1, 0.15) is 79.7 Å². The maximum Gasteiger partial charge on any atom is 0.416 e. The van der Waals surface area contributed by atoms with Gasteiger partial charge >= 0.3 is 6.18 Å². The van der Waals surface area contributed by atoms with Crippen LogP contribution < -0.4 is 5.32 Å². The second-order valence-corrected chi connectivity index (χ2v) is 13.7. The highest BCUT2D eigenvalue weighted by Crippen LogP contribution is 2.34. The molecule has 1 aliphatic rings. The molecule has 0 aliphatic carbocycles. The summed E-state index contributed by atoms with van der Waals surface area (Å²) in [5, 5.41) is 3.01. The first-order valence-electron chi connectivity index (χ1n) is 16.1. The maximum atomic E-state index is 14.0. The number of likely N-dealkylation sites (N-methyl/N-ethyl adjacent to an activating group) is 1. The fraction of sp³-hybridized carbons (Fsp3) is 0.486. The van der Waals surface area contributed by atoms with Crippen molar-refractivity contribution < 1.29 is 22.7 Å². The molecule has 1 saturated heterocycles. The molecule has 10 heteroatoms. The summed E-state index contributed by atoms with van der Waals surface area (Å²) >= 11 is 5.46. The van der Waals surface area contributed by atoms with Crippen LogP contribution in [0.2, 0.25) is 0 Å². The van der Waals surface area contributed by atoms with E-state index in [1.54, 1.807) is 14.1 Å². The Hall–Kier alpha value is -3.52. The number of carbonyl (C=O) groups excluding carboxylic acids is 1. The Kier molecular flexibility index (Phi) is 11.7. The molecule has 6 nitrogen and oxygen atoms in total. The second kappa shape index (κ2) is 15.1. The van der Waals surface area contributed by atoms with Gasteiger partial charge in [-0.05, 0) is 118 Å². The third-order valence-corrected chi connectivity index (χ3v) is 8.72. The Labute approximate surface area is 281 Å². The van der Waals surface area contributed by atoms with Gasteiger partial charge in [0.1, 0.15) is 22.0 Å². The van der Waals surface area contributed by atoms with Crippen molar-refractivity contribution in [3.8, 4) is 23.0 Å². The number of ether oxygens (including phenoxy) is 1. The van der Waals surface area contributed by atoms with E-state index in [0.717, 1.165) is 41.2 Å². The van der Waals surface area contributed by atoms with Gasteiger partial charge < -0.3 is 19.5 Å². The smallest absolute Gasteiger partial charge is 0.363 e. The van der Waals surface area contributed by atoms with Crippen LogP contribution in [0.5, 0.6) is 0 Å². The number of aryl methyl sites for hydroxylation is 2. The number of benzene rings is 1. The minimum atomic E-state index is -4.56. The molecule has 3 aromatic rings. The summed E-state index contributed by atoms with van der Waals surface area (Å²) in [4.78, 5) is 20.5. The molecule has 0 radical (unpaired) electrons. The zero-order valence-electron chi connectivity index (χ0n) is 28.3. The molecule has 1 fully saturated rings. The van der Waals surface area contributed by atoms with Gasteiger partial charge in [-0.2, -0.15) is 13.2 Å². The van der Waals surface area contributed by atoms with E-state index in [-0.39, 0.29) is 35.0 Å². The molecule has 2 aromatic heterocycles. The van der Waals surface area contributed by atoms with E-state index >= 15 is 0 Å². The van der Waals surface area contributed by atoms with E-state index in [9.17, 15) is 18.0 Å². The molecule has 0 saturated carbocycles. The fourth-order valence-electron chi connectivity index (χ4n) is 5.96. The highest BCUT2D eigenvalue weighted by molar-refractivity contribution is 7.71. The number of nitrogens with zero attached hydrogens (tertiary/aromatic N) is 3. The molecule has 1 N–H and O–H groups in total. The maximum absolute atomic E-state index is 14.0. The van der Waals surface area contributed by atoms with E-state index in [0.29, 0.717) is 31.0 Å². The van der Waals surface area contributed by atoms with Gasteiger partial charge in [0.2, 0.25) is 5.91 Å². The SMILES string of the molecule is Cc1cccc(C)c1-c1cc(C#CC2(C)CCCO2)nc(CNC(=O)C(CC(C)C)n2cc(CCN(C)C)c(C(F)(F)F)cc2=S)c1. The first-order valence-corrected chi connectivity index (χ1v) is 16.5. The molecule has 2 unspecified atom stereocenters. The van der Waals surface area contributed by atoms with E-state index < -0.39 is 23.4 Å². The molecule has 252 valence electrons. The summed E-state index contributed by atoms with van der Waals surface area (Å²) in [7, 11) is 3.61. The first kappa shape index (κ1) is 36.3. The Morgan fingerprint density at radius 1 is 1.19 bits per heavy atom. The van der Waals surface area contributed by atoms with Crippen LogP contribution in [0.25, 0.3) is 11.1 Å². The number of pyridine rings is 2. The molecular formula is C37H45F3N4O2S. The Morgan fingerprint density at radius 2 is 1.89 bits per heavy atom. The van der Waals surface area contributed by atoms with Gasteiger partial charge in [0.05, 0.1) is 17.8 Å². The third-order valence-electron chi connectivity index (χ3n) is 8.40. The zero-order valence-corrected chi connectivity index (χ0v) is 29.2. The van der Waals surface area contributed by atoms with E-state index in [1.165, 1.54) is 10.8 Å². The van der Waals surface area contributed by atoms with Crippen molar-refractivity contribution in [2.24, 2.45) is 5.92 Å². The number of carbonyl (C=O) groups is 1. The number of amides is 1. The summed E-state index contributed by atoms with van der Waals surface area (Å²) in [5.41, 5.74) is 4.23. The summed E-state index contributed by atoms with van der Waals surface area (Å²) in [6, 6.07) is 10.2. The van der Waals surface area contributed by atoms with Gasteiger partial charge in [-0.1, -0.05) is 50.2 Å². The predicted octanol–water partition coefficient (Wildman–Crippen LogP) is 7.84. The minimum absolute atomic E-state index is 0.0398. The number of rotatable bonds is 10. The van der Waals surface area contributed by atoms with Crippen LogP contribution in [0, 0.1) is 36.2 Å². The van der Waals surface area contributed by atoms with Crippen molar-refractivity contribution in [2.45, 2.75) is 84.7 Å². The largest absolute Gasteiger partial charge is 0.416 e. The van der Waals surface area contributed by atoms with Crippen LogP contribution in [0.4, 0.5) is 13.2 Å². The van der Waals surface area contributed by atoms with E-state index in [4.69, 9.17) is 21.9 Å². The molecule has 1 aromatic carbocycles. The third kappa shape index (κ3) is 9.53. The Balaban J connectivity index is 1.70. The molecule has 1 aliphatic heterocycles. The standard InChI is InChI=1S/C37H45F3N4O2S/c1-24(2)18-32(44-23-27(13-16-43(6)7)31(21-33(44)47)37(38,39)40)35(45)41-22-30-20-28(34-25(3)10-8-11-26(34)4)19-29(42-30)12-15-36(5)14-9-17-46-36/h8,10-11,19-21,23-24,32H,9,13-14,16-18,22H2,1-7H3,(H,41,45). The lowest BCUT2D eigenvalue weighted by atomic mass is 9.95. The second-order valence-electron chi connectivity index (χ2n) is 13.3. The lowest BCUT2D eigenvalue weighted by molar-refractivity contribution is -0.138. The normalized spacial score (nSPS) is 17.1. The van der Waals surface area contributed by atoms with Crippen LogP contribution in [0.3, 0.4) is 0 Å². The fourth-order valence-corrected chi connectivity index (χ4v) is 6.26. The quantitative estimate of drug-likeness (QED) is 0.177. The number of hydrogen-bond donors (Lipinski definition) is 1. The number of nitrogens with one attached hydrogen (secondary N) is 1. The van der Waals surface area contributed by atoms with Crippen molar-refractivity contribution in [2.75, 3.05) is 27.2 Å². The lowest BCUT2D eigenvalue weighted by Gasteiger charge is -2.25. The average Bonchev–Trinajstić information content (AvgIpc) is 3.43. The lowest BCUT2D eigenvalue weighted by Crippen LogP contribution is -2.34. The summed E-state index contributed by atoms with van der Waals surface area (Å²) in [6.07, 6.45) is -0.783. The molecule has 3 heterocycles. The van der Waals surface area contributed by atoms with Gasteiger partial charge in [-0.3, -0.25) is 4.79 Å². The Bertz CT molecular complexity index is 1690. The van der Waals surface area contributed by atoms with Crippen molar-refractivity contribution in [1.82, 2.24) is 19.8 Å². The van der Waals surface area contributed by atoms with Gasteiger partial charge in [0.25, 0.3) is 0 Å². The van der Waals surface area contributed by atoms with Gasteiger partial charge in [-0.15, -0.1) is 0 Å². The predicted molar refractivity (Wildman–Crippen MR) is 182 cm³/mol. The average molecular weight is 667 g/mol. The highest BCUT2D eigenvalue weighted by atomic mass is 32.1. The number of hydrogen-bond acceptors (Lipinski definition) is 5. The van der Waals surface area contributed by atoms with E-state index in [1.807, 2.05) is 43.9 Å². The van der Waals surface area contributed by atoms with Crippen LogP contribution in [-0.2, 0) is 28.7 Å². The number of alkyl halides is 3. The van der Waals surface area contributed by atoms with Crippen molar-refractivity contribution in [1.29, 1.82) is 0 Å². The monoisotopic (exact) mass is 666 g/mol. The number of halogens is 3. The summed E-state index contributed by atoms with van der Waals surface area (Å²) in [6.45, 7) is 11.2. The van der Waals surface area contributed by atoms with Crippen LogP contribution in [0.15, 0.2) is 42.6 Å². The molecule has 0 bridgehead atoms. The molecule has 1 amide bonds. The first-order chi connectivity index (χ1) is 22.1. The molecule has 4 rings (SSSR count). The van der Waals surface area contributed by atoms with E-state index in [2.05, 4.69) is 43.1 Å². The van der Waals surface area contributed by atoms with Crippen LogP contribution >= 0.6 is 12.2 Å². The van der Waals surface area contributed by atoms with Crippen molar-refractivity contribution in [3.63, 3.8) is 0 Å². The Morgan fingerprint density at radius 3 is 2.49 bits per heavy atom. The zero-order chi connectivity index (χ0) is 34.5.